The summed E-state index contributed by atoms with van der Waals surface area (Å²) < 4.78 is 15.3. The Morgan fingerprint density at radius 2 is 1.92 bits per heavy atom. The summed E-state index contributed by atoms with van der Waals surface area (Å²) in [4.78, 5) is 9.72. The van der Waals surface area contributed by atoms with Crippen LogP contribution in [0.25, 0.3) is 16.9 Å². The van der Waals surface area contributed by atoms with Gasteiger partial charge in [-0.15, -0.1) is 4.21 Å². The number of benzene rings is 1. The van der Waals surface area contributed by atoms with E-state index in [1.807, 2.05) is 60.5 Å². The number of rotatable bonds is 4. The van der Waals surface area contributed by atoms with E-state index >= 15 is 0 Å². The van der Waals surface area contributed by atoms with Gasteiger partial charge in [0.1, 0.15) is 17.1 Å². The fourth-order valence-electron chi connectivity index (χ4n) is 2.67. The third-order valence-corrected chi connectivity index (χ3v) is 4.95. The fraction of sp³-hybridized carbons (Fsp3) is 0.118. The highest BCUT2D eigenvalue weighted by atomic mass is 32.2. The average molecular weight is 353 g/mol. The van der Waals surface area contributed by atoms with Crippen LogP contribution in [0.2, 0.25) is 0 Å². The zero-order chi connectivity index (χ0) is 17.4. The van der Waals surface area contributed by atoms with E-state index in [1.165, 1.54) is 0 Å². The third kappa shape index (κ3) is 2.91. The molecule has 7 nitrogen and oxygen atoms in total. The standard InChI is InChI=1S/C17H16N6OS/c1-22-11-12(9-20-22)15-10-19-17-16(18-7-8-23(15)17)21-13-3-5-14(6-4-13)25(2)24/h3-11H,1-2H3,(H,18,21)/p+1. The second kappa shape index (κ2) is 6.14. The van der Waals surface area contributed by atoms with Crippen molar-refractivity contribution in [3.05, 3.63) is 55.2 Å². The zero-order valence-corrected chi connectivity index (χ0v) is 14.7. The first kappa shape index (κ1) is 15.5. The lowest BCUT2D eigenvalue weighted by atomic mass is 10.3. The minimum Gasteiger partial charge on any atom is -0.337 e. The van der Waals surface area contributed by atoms with Gasteiger partial charge in [-0.25, -0.2) is 9.97 Å². The van der Waals surface area contributed by atoms with Gasteiger partial charge in [0.05, 0.1) is 18.1 Å². The Morgan fingerprint density at radius 1 is 1.12 bits per heavy atom. The Kier molecular flexibility index (Phi) is 3.81. The van der Waals surface area contributed by atoms with Crippen LogP contribution in [0.3, 0.4) is 0 Å². The van der Waals surface area contributed by atoms with Gasteiger partial charge < -0.3 is 5.32 Å². The van der Waals surface area contributed by atoms with E-state index in [9.17, 15) is 4.21 Å². The molecule has 126 valence electrons. The number of imidazole rings is 1. The Balaban J connectivity index is 1.71. The van der Waals surface area contributed by atoms with Crippen molar-refractivity contribution in [1.82, 2.24) is 24.1 Å². The summed E-state index contributed by atoms with van der Waals surface area (Å²) in [6.07, 6.45) is 10.9. The minimum absolute atomic E-state index is 0.659. The molecular formula is C17H17N6OS+. The Hall–Kier alpha value is -3.00. The largest absolute Gasteiger partial charge is 0.337 e. The van der Waals surface area contributed by atoms with Crippen LogP contribution in [0.5, 0.6) is 0 Å². The summed E-state index contributed by atoms with van der Waals surface area (Å²) >= 11 is 0. The average Bonchev–Trinajstić information content (AvgIpc) is 3.22. The first-order valence-corrected chi connectivity index (χ1v) is 9.41. The number of fused-ring (bicyclic) bond motifs is 1. The van der Waals surface area contributed by atoms with Gasteiger partial charge in [-0.3, -0.25) is 9.08 Å². The van der Waals surface area contributed by atoms with Crippen LogP contribution in [-0.2, 0) is 22.1 Å². The molecule has 0 aliphatic carbocycles. The predicted octanol–water partition coefficient (Wildman–Crippen LogP) is 2.56. The van der Waals surface area contributed by atoms with Crippen LogP contribution in [0.4, 0.5) is 11.5 Å². The van der Waals surface area contributed by atoms with Gasteiger partial charge in [0.15, 0.2) is 16.4 Å². The molecule has 4 aromatic rings. The SMILES string of the molecule is Cn1cc(-c2cnc3c(Nc4ccc([SH+](C)=O)cc4)nccn23)cn1. The van der Waals surface area contributed by atoms with Crippen LogP contribution in [0.1, 0.15) is 0 Å². The van der Waals surface area contributed by atoms with Gasteiger partial charge in [-0.2, -0.15) is 5.10 Å². The lowest BCUT2D eigenvalue weighted by molar-refractivity contribution is 0.598. The molecule has 0 bridgehead atoms. The van der Waals surface area contributed by atoms with Crippen molar-refractivity contribution in [3.8, 4) is 11.3 Å². The number of aryl methyl sites for hydroxylation is 1. The van der Waals surface area contributed by atoms with Crippen molar-refractivity contribution in [2.24, 2.45) is 7.05 Å². The molecule has 0 fully saturated rings. The van der Waals surface area contributed by atoms with Gasteiger partial charge in [0.2, 0.25) is 0 Å². The maximum atomic E-state index is 11.5. The highest BCUT2D eigenvalue weighted by Crippen LogP contribution is 2.25. The van der Waals surface area contributed by atoms with Crippen molar-refractivity contribution in [2.45, 2.75) is 4.90 Å². The summed E-state index contributed by atoms with van der Waals surface area (Å²) in [5, 5.41) is 7.49. The van der Waals surface area contributed by atoms with E-state index in [1.54, 1.807) is 17.1 Å². The second-order valence-electron chi connectivity index (χ2n) is 5.68. The molecule has 1 unspecified atom stereocenters. The van der Waals surface area contributed by atoms with E-state index < -0.39 is 10.8 Å². The van der Waals surface area contributed by atoms with Crippen molar-refractivity contribution < 1.29 is 4.21 Å². The molecule has 0 aliphatic heterocycles. The van der Waals surface area contributed by atoms with Gasteiger partial charge in [-0.05, 0) is 24.3 Å². The van der Waals surface area contributed by atoms with Gasteiger partial charge >= 0.3 is 0 Å². The summed E-state index contributed by atoms with van der Waals surface area (Å²) in [7, 11) is 0.550. The van der Waals surface area contributed by atoms with Crippen LogP contribution in [0, 0.1) is 0 Å². The molecule has 0 saturated carbocycles. The van der Waals surface area contributed by atoms with Crippen molar-refractivity contribution in [3.63, 3.8) is 0 Å². The molecule has 25 heavy (non-hydrogen) atoms. The Morgan fingerprint density at radius 3 is 2.60 bits per heavy atom. The maximum Gasteiger partial charge on any atom is 0.180 e. The zero-order valence-electron chi connectivity index (χ0n) is 13.8. The molecule has 0 aliphatic rings. The van der Waals surface area contributed by atoms with E-state index in [4.69, 9.17) is 0 Å². The smallest absolute Gasteiger partial charge is 0.180 e. The highest BCUT2D eigenvalue weighted by Gasteiger charge is 2.12. The lowest BCUT2D eigenvalue weighted by Crippen LogP contribution is -1.98. The normalized spacial score (nSPS) is 12.4. The number of thiol groups is 1. The van der Waals surface area contributed by atoms with Crippen LogP contribution < -0.4 is 5.32 Å². The van der Waals surface area contributed by atoms with E-state index in [2.05, 4.69) is 20.4 Å². The van der Waals surface area contributed by atoms with E-state index in [-0.39, 0.29) is 0 Å². The van der Waals surface area contributed by atoms with Gasteiger partial charge in [0, 0.05) is 36.9 Å². The Labute approximate surface area is 146 Å². The summed E-state index contributed by atoms with van der Waals surface area (Å²) in [5.74, 6) is 0.659. The fourth-order valence-corrected chi connectivity index (χ4v) is 3.23. The molecule has 0 saturated heterocycles. The minimum atomic E-state index is -1.33. The van der Waals surface area contributed by atoms with Crippen LogP contribution in [-0.4, -0.2) is 30.4 Å². The summed E-state index contributed by atoms with van der Waals surface area (Å²) in [5.41, 5.74) is 3.54. The molecule has 0 amide bonds. The van der Waals surface area contributed by atoms with Crippen molar-refractivity contribution in [1.29, 1.82) is 0 Å². The molecule has 0 spiro atoms. The van der Waals surface area contributed by atoms with Gasteiger partial charge in [0.25, 0.3) is 0 Å². The van der Waals surface area contributed by atoms with Crippen molar-refractivity contribution >= 4 is 28.0 Å². The lowest BCUT2D eigenvalue weighted by Gasteiger charge is -2.07. The van der Waals surface area contributed by atoms with Crippen molar-refractivity contribution in [2.75, 3.05) is 11.6 Å². The van der Waals surface area contributed by atoms with E-state index in [0.717, 1.165) is 27.5 Å². The molecule has 1 aromatic carbocycles. The summed E-state index contributed by atoms with van der Waals surface area (Å²) in [6.45, 7) is 0. The third-order valence-electron chi connectivity index (χ3n) is 3.92. The molecule has 0 radical (unpaired) electrons. The highest BCUT2D eigenvalue weighted by molar-refractivity contribution is 7.84. The number of aromatic nitrogens is 5. The molecule has 3 aromatic heterocycles. The van der Waals surface area contributed by atoms with Gasteiger partial charge in [-0.1, -0.05) is 0 Å². The Bertz CT molecular complexity index is 1070. The first-order chi connectivity index (χ1) is 12.1. The number of hydrogen-bond donors (Lipinski definition) is 1. The number of anilines is 2. The molecular weight excluding hydrogens is 336 g/mol. The second-order valence-corrected chi connectivity index (χ2v) is 7.20. The topological polar surface area (TPSA) is 77.1 Å². The molecule has 3 heterocycles. The monoisotopic (exact) mass is 353 g/mol. The first-order valence-electron chi connectivity index (χ1n) is 7.71. The molecule has 1 N–H and O–H groups in total. The number of hydrogen-bond acceptors (Lipinski definition) is 5. The molecule has 4 rings (SSSR count). The number of nitrogens with one attached hydrogen (secondary N) is 1. The molecule has 1 atom stereocenters. The predicted molar refractivity (Wildman–Crippen MR) is 98.6 cm³/mol. The number of nitrogens with zero attached hydrogens (tertiary/aromatic N) is 5. The van der Waals surface area contributed by atoms with Crippen LogP contribution >= 0.6 is 0 Å². The summed E-state index contributed by atoms with van der Waals surface area (Å²) in [6, 6.07) is 7.49. The van der Waals surface area contributed by atoms with E-state index in [0.29, 0.717) is 5.82 Å². The quantitative estimate of drug-likeness (QED) is 0.451. The molecule has 8 heteroatoms. The van der Waals surface area contributed by atoms with Crippen LogP contribution in [0.15, 0.2) is 60.1 Å². The maximum absolute atomic E-state index is 11.5.